The lowest BCUT2D eigenvalue weighted by Crippen LogP contribution is -2.32. The Morgan fingerprint density at radius 2 is 1.74 bits per heavy atom. The molecule has 1 aromatic carbocycles. The molecule has 128 valence electrons. The van der Waals surface area contributed by atoms with Crippen LogP contribution in [-0.2, 0) is 0 Å². The molecular formula is C18H29N3O2. The van der Waals surface area contributed by atoms with Gasteiger partial charge in [0.05, 0.1) is 0 Å². The van der Waals surface area contributed by atoms with Crippen LogP contribution in [-0.4, -0.2) is 42.9 Å². The fourth-order valence-electron chi connectivity index (χ4n) is 2.40. The Labute approximate surface area is 139 Å². The zero-order valence-corrected chi connectivity index (χ0v) is 14.3. The van der Waals surface area contributed by atoms with Crippen LogP contribution >= 0.6 is 0 Å². The molecule has 0 aromatic heterocycles. The van der Waals surface area contributed by atoms with Crippen molar-refractivity contribution >= 4 is 11.8 Å². The monoisotopic (exact) mass is 319 g/mol. The first-order chi connectivity index (χ1) is 11.1. The number of hydrogen-bond donors (Lipinski definition) is 2. The summed E-state index contributed by atoms with van der Waals surface area (Å²) in [5, 5.41) is 2.86. The highest BCUT2D eigenvalue weighted by atomic mass is 16.2. The van der Waals surface area contributed by atoms with Crippen LogP contribution in [0.2, 0.25) is 0 Å². The van der Waals surface area contributed by atoms with Gasteiger partial charge in [0, 0.05) is 30.8 Å². The van der Waals surface area contributed by atoms with E-state index in [-0.39, 0.29) is 11.8 Å². The molecule has 1 aromatic rings. The van der Waals surface area contributed by atoms with E-state index in [1.165, 1.54) is 0 Å². The van der Waals surface area contributed by atoms with Gasteiger partial charge in [0.25, 0.3) is 11.8 Å². The molecule has 5 nitrogen and oxygen atoms in total. The largest absolute Gasteiger partial charge is 0.352 e. The lowest BCUT2D eigenvalue weighted by atomic mass is 10.1. The summed E-state index contributed by atoms with van der Waals surface area (Å²) in [6.07, 6.45) is 3.60. The Morgan fingerprint density at radius 3 is 2.35 bits per heavy atom. The van der Waals surface area contributed by atoms with E-state index in [0.717, 1.165) is 38.8 Å². The third-order valence-electron chi connectivity index (χ3n) is 3.56. The molecule has 0 atom stereocenters. The fraction of sp³-hybridized carbons (Fsp3) is 0.556. The average molecular weight is 319 g/mol. The zero-order valence-electron chi connectivity index (χ0n) is 14.3. The van der Waals surface area contributed by atoms with Gasteiger partial charge in [0.2, 0.25) is 0 Å². The number of unbranched alkanes of at least 4 members (excludes halogenated alkanes) is 1. The molecule has 0 radical (unpaired) electrons. The summed E-state index contributed by atoms with van der Waals surface area (Å²) < 4.78 is 0. The minimum Gasteiger partial charge on any atom is -0.352 e. The third-order valence-corrected chi connectivity index (χ3v) is 3.56. The van der Waals surface area contributed by atoms with Crippen molar-refractivity contribution in [2.24, 2.45) is 5.73 Å². The number of amides is 2. The molecule has 0 saturated heterocycles. The summed E-state index contributed by atoms with van der Waals surface area (Å²) in [6.45, 7) is 6.82. The van der Waals surface area contributed by atoms with Crippen LogP contribution in [0.5, 0.6) is 0 Å². The number of nitrogens with two attached hydrogens (primary N) is 1. The second-order valence-corrected chi connectivity index (χ2v) is 5.62. The topological polar surface area (TPSA) is 75.4 Å². The summed E-state index contributed by atoms with van der Waals surface area (Å²) in [7, 11) is 0. The summed E-state index contributed by atoms with van der Waals surface area (Å²) >= 11 is 0. The van der Waals surface area contributed by atoms with Gasteiger partial charge in [0.15, 0.2) is 0 Å². The molecular weight excluding hydrogens is 290 g/mol. The van der Waals surface area contributed by atoms with Crippen molar-refractivity contribution in [2.75, 3.05) is 26.2 Å². The normalized spacial score (nSPS) is 10.4. The summed E-state index contributed by atoms with van der Waals surface area (Å²) in [4.78, 5) is 26.6. The lowest BCUT2D eigenvalue weighted by molar-refractivity contribution is 0.0755. The van der Waals surface area contributed by atoms with Gasteiger partial charge in [-0.1, -0.05) is 19.9 Å². The minimum absolute atomic E-state index is 0.00789. The van der Waals surface area contributed by atoms with E-state index in [2.05, 4.69) is 19.2 Å². The third kappa shape index (κ3) is 6.40. The molecule has 3 N–H and O–H groups in total. The van der Waals surface area contributed by atoms with Crippen LogP contribution in [0.25, 0.3) is 0 Å². The van der Waals surface area contributed by atoms with Crippen LogP contribution in [0.15, 0.2) is 24.3 Å². The Kier molecular flexibility index (Phi) is 8.98. The van der Waals surface area contributed by atoms with Gasteiger partial charge in [0.1, 0.15) is 0 Å². The van der Waals surface area contributed by atoms with Gasteiger partial charge in [-0.3, -0.25) is 9.59 Å². The van der Waals surface area contributed by atoms with Crippen LogP contribution in [0.1, 0.15) is 60.2 Å². The van der Waals surface area contributed by atoms with Crippen molar-refractivity contribution in [3.63, 3.8) is 0 Å². The second-order valence-electron chi connectivity index (χ2n) is 5.62. The summed E-state index contributed by atoms with van der Waals surface area (Å²) in [5.74, 6) is -0.152. The molecule has 0 aliphatic carbocycles. The predicted molar refractivity (Wildman–Crippen MR) is 93.5 cm³/mol. The number of benzene rings is 1. The summed E-state index contributed by atoms with van der Waals surface area (Å²) in [6, 6.07) is 6.95. The van der Waals surface area contributed by atoms with E-state index >= 15 is 0 Å². The van der Waals surface area contributed by atoms with Crippen molar-refractivity contribution in [2.45, 2.75) is 39.5 Å². The van der Waals surface area contributed by atoms with Crippen LogP contribution < -0.4 is 11.1 Å². The van der Waals surface area contributed by atoms with Crippen molar-refractivity contribution < 1.29 is 9.59 Å². The number of carbonyl (C=O) groups excluding carboxylic acids is 2. The highest BCUT2D eigenvalue weighted by Crippen LogP contribution is 2.10. The van der Waals surface area contributed by atoms with E-state index in [9.17, 15) is 9.59 Å². The molecule has 23 heavy (non-hydrogen) atoms. The first-order valence-electron chi connectivity index (χ1n) is 8.51. The van der Waals surface area contributed by atoms with E-state index in [0.29, 0.717) is 24.2 Å². The van der Waals surface area contributed by atoms with Crippen LogP contribution in [0.4, 0.5) is 0 Å². The smallest absolute Gasteiger partial charge is 0.253 e. The Balaban J connectivity index is 2.74. The summed E-state index contributed by atoms with van der Waals surface area (Å²) in [5.41, 5.74) is 6.53. The molecule has 0 fully saturated rings. The quantitative estimate of drug-likeness (QED) is 0.650. The van der Waals surface area contributed by atoms with Crippen molar-refractivity contribution in [1.82, 2.24) is 10.2 Å². The van der Waals surface area contributed by atoms with E-state index in [1.807, 2.05) is 4.90 Å². The van der Waals surface area contributed by atoms with Gasteiger partial charge in [-0.25, -0.2) is 0 Å². The van der Waals surface area contributed by atoms with E-state index in [4.69, 9.17) is 5.73 Å². The maximum Gasteiger partial charge on any atom is 0.253 e. The van der Waals surface area contributed by atoms with Gasteiger partial charge >= 0.3 is 0 Å². The maximum atomic E-state index is 12.6. The van der Waals surface area contributed by atoms with E-state index < -0.39 is 0 Å². The Bertz CT molecular complexity index is 497. The van der Waals surface area contributed by atoms with Crippen LogP contribution in [0.3, 0.4) is 0 Å². The highest BCUT2D eigenvalue weighted by Gasteiger charge is 2.15. The van der Waals surface area contributed by atoms with Crippen LogP contribution in [0, 0.1) is 0 Å². The zero-order chi connectivity index (χ0) is 17.1. The van der Waals surface area contributed by atoms with Gasteiger partial charge in [-0.15, -0.1) is 0 Å². The van der Waals surface area contributed by atoms with Crippen molar-refractivity contribution in [1.29, 1.82) is 0 Å². The molecule has 0 heterocycles. The molecule has 0 saturated carbocycles. The average Bonchev–Trinajstić information content (AvgIpc) is 2.58. The molecule has 5 heteroatoms. The van der Waals surface area contributed by atoms with Gasteiger partial charge in [-0.2, -0.15) is 0 Å². The Morgan fingerprint density at radius 1 is 1.09 bits per heavy atom. The van der Waals surface area contributed by atoms with Crippen molar-refractivity contribution in [3.05, 3.63) is 35.4 Å². The minimum atomic E-state index is -0.144. The molecule has 1 rings (SSSR count). The molecule has 2 amide bonds. The lowest BCUT2D eigenvalue weighted by Gasteiger charge is -2.21. The molecule has 0 bridgehead atoms. The number of nitrogens with zero attached hydrogens (tertiary/aromatic N) is 1. The second kappa shape index (κ2) is 10.8. The number of hydrogen-bond acceptors (Lipinski definition) is 3. The number of carbonyl (C=O) groups is 2. The molecule has 0 aliphatic rings. The molecule has 0 aliphatic heterocycles. The van der Waals surface area contributed by atoms with Gasteiger partial charge < -0.3 is 16.0 Å². The maximum absolute atomic E-state index is 12.6. The highest BCUT2D eigenvalue weighted by molar-refractivity contribution is 5.99. The Hall–Kier alpha value is -1.88. The number of nitrogens with one attached hydrogen (secondary N) is 1. The molecule has 0 spiro atoms. The van der Waals surface area contributed by atoms with Gasteiger partial charge in [-0.05, 0) is 50.4 Å². The first-order valence-corrected chi connectivity index (χ1v) is 8.51. The van der Waals surface area contributed by atoms with E-state index in [1.54, 1.807) is 24.3 Å². The SMILES string of the molecule is CCCN(CCC)C(=O)c1cccc(C(=O)NCCCCN)c1. The standard InChI is InChI=1S/C18H29N3O2/c1-3-12-21(13-4-2)18(23)16-9-7-8-15(14-16)17(22)20-11-6-5-10-19/h7-9,14H,3-6,10-13,19H2,1-2H3,(H,20,22). The van der Waals surface area contributed by atoms with Crippen molar-refractivity contribution in [3.8, 4) is 0 Å². The fourth-order valence-corrected chi connectivity index (χ4v) is 2.40. The predicted octanol–water partition coefficient (Wildman–Crippen LogP) is 2.42. The molecule has 0 unspecified atom stereocenters. The number of rotatable bonds is 10. The first kappa shape index (κ1) is 19.2.